The zero-order chi connectivity index (χ0) is 24.1. The third-order valence-electron chi connectivity index (χ3n) is 10.9. The van der Waals surface area contributed by atoms with Gasteiger partial charge in [-0.3, -0.25) is 9.69 Å². The molecule has 3 heterocycles. The number of esters is 2. The van der Waals surface area contributed by atoms with Crippen molar-refractivity contribution in [3.8, 4) is 0 Å². The van der Waals surface area contributed by atoms with E-state index in [-0.39, 0.29) is 53.4 Å². The number of fused-ring (bicyclic) bond motifs is 2. The number of hydrogen-bond donors (Lipinski definition) is 1. The molecule has 1 N–H and O–H groups in total. The highest BCUT2D eigenvalue weighted by molar-refractivity contribution is 5.89. The van der Waals surface area contributed by atoms with Crippen LogP contribution < -0.4 is 0 Å². The Balaban J connectivity index is 1.44. The van der Waals surface area contributed by atoms with Crippen LogP contribution in [0.5, 0.6) is 0 Å². The normalized spacial score (nSPS) is 49.3. The van der Waals surface area contributed by atoms with Crippen molar-refractivity contribution < 1.29 is 28.9 Å². The molecule has 2 unspecified atom stereocenters. The van der Waals surface area contributed by atoms with Gasteiger partial charge >= 0.3 is 11.9 Å². The molecule has 7 aliphatic rings. The molecule has 35 heavy (non-hydrogen) atoms. The summed E-state index contributed by atoms with van der Waals surface area (Å²) in [5.74, 6) is -1.15. The summed E-state index contributed by atoms with van der Waals surface area (Å²) in [7, 11) is 1.79. The average Bonchev–Trinajstić information content (AvgIpc) is 2.95. The Morgan fingerprint density at radius 1 is 1.20 bits per heavy atom. The molecule has 1 spiro atoms. The lowest BCUT2D eigenvalue weighted by Crippen LogP contribution is -2.74. The van der Waals surface area contributed by atoms with E-state index < -0.39 is 17.6 Å². The summed E-state index contributed by atoms with van der Waals surface area (Å²) in [5, 5.41) is 12.6. The number of likely N-dealkylation sites (tertiary alicyclic amines) is 1. The van der Waals surface area contributed by atoms with E-state index in [4.69, 9.17) is 14.2 Å². The molecule has 11 atom stereocenters. The molecule has 3 aliphatic heterocycles. The zero-order valence-electron chi connectivity index (χ0n) is 20.5. The summed E-state index contributed by atoms with van der Waals surface area (Å²) < 4.78 is 18.6. The largest absolute Gasteiger partial charge is 0.462 e. The van der Waals surface area contributed by atoms with Crippen LogP contribution in [0.4, 0.5) is 0 Å². The summed E-state index contributed by atoms with van der Waals surface area (Å²) in [4.78, 5) is 29.4. The van der Waals surface area contributed by atoms with E-state index in [1.807, 2.05) is 18.2 Å². The topological polar surface area (TPSA) is 85.3 Å². The van der Waals surface area contributed by atoms with Crippen LogP contribution in [0.2, 0.25) is 0 Å². The summed E-state index contributed by atoms with van der Waals surface area (Å²) >= 11 is 0. The fourth-order valence-corrected chi connectivity index (χ4v) is 10.1. The minimum absolute atomic E-state index is 0.0171. The standard InChI is InChI=1S/C28H35NO6/c1-3-29-14-16-9-10-19(33-2)28-18-13-17-11-12-27(32,21(18)26(31)34-17)22(24(28)29)23(20(16)28)35-25(30)15-7-5-4-6-8-15/h4-8,16-24,32H,3,9-14H2,1-2H3/t16-,17-,18+,19+,20-,21+,22?,23-,24?,27+,28-/m0/s1. The van der Waals surface area contributed by atoms with Gasteiger partial charge in [0, 0.05) is 36.9 Å². The molecule has 0 radical (unpaired) electrons. The van der Waals surface area contributed by atoms with Gasteiger partial charge in [0.15, 0.2) is 0 Å². The fraction of sp³-hybridized carbons (Fsp3) is 0.714. The second-order valence-electron chi connectivity index (χ2n) is 11.8. The molecule has 4 saturated carbocycles. The van der Waals surface area contributed by atoms with Crippen LogP contribution in [0.15, 0.2) is 30.3 Å². The Hall–Kier alpha value is -1.96. The maximum absolute atomic E-state index is 13.4. The number of carbonyl (C=O) groups is 2. The Morgan fingerprint density at radius 2 is 2.00 bits per heavy atom. The molecule has 8 rings (SSSR count). The first-order chi connectivity index (χ1) is 16.9. The summed E-state index contributed by atoms with van der Waals surface area (Å²) in [6.45, 7) is 3.99. The van der Waals surface area contributed by atoms with E-state index in [9.17, 15) is 14.7 Å². The molecule has 7 heteroatoms. The second kappa shape index (κ2) is 7.53. The van der Waals surface area contributed by atoms with Gasteiger partial charge in [-0.05, 0) is 62.6 Å². The van der Waals surface area contributed by atoms with Gasteiger partial charge in [-0.15, -0.1) is 0 Å². The number of carbonyl (C=O) groups excluding carboxylic acids is 2. The average molecular weight is 482 g/mol. The Bertz CT molecular complexity index is 1050. The molecule has 4 aliphatic carbocycles. The number of aliphatic hydroxyl groups is 1. The van der Waals surface area contributed by atoms with Crippen LogP contribution >= 0.6 is 0 Å². The maximum atomic E-state index is 13.4. The van der Waals surface area contributed by atoms with Crippen LogP contribution in [-0.2, 0) is 19.0 Å². The van der Waals surface area contributed by atoms with Crippen molar-refractivity contribution in [2.75, 3.05) is 20.2 Å². The lowest BCUT2D eigenvalue weighted by Gasteiger charge is -2.66. The fourth-order valence-electron chi connectivity index (χ4n) is 10.1. The van der Waals surface area contributed by atoms with Crippen molar-refractivity contribution in [2.24, 2.45) is 35.0 Å². The van der Waals surface area contributed by atoms with Gasteiger partial charge in [0.25, 0.3) is 0 Å². The highest BCUT2D eigenvalue weighted by atomic mass is 16.6. The number of ether oxygens (including phenoxy) is 3. The molecule has 1 aromatic carbocycles. The van der Waals surface area contributed by atoms with Gasteiger partial charge < -0.3 is 19.3 Å². The van der Waals surface area contributed by atoms with Crippen LogP contribution in [0.3, 0.4) is 0 Å². The zero-order valence-corrected chi connectivity index (χ0v) is 20.5. The predicted octanol–water partition coefficient (Wildman–Crippen LogP) is 2.66. The van der Waals surface area contributed by atoms with Crippen molar-refractivity contribution >= 4 is 11.9 Å². The number of hydrogen-bond acceptors (Lipinski definition) is 7. The lowest BCUT2D eigenvalue weighted by atomic mass is 9.45. The molecular weight excluding hydrogens is 446 g/mol. The molecular formula is C28H35NO6. The molecule has 188 valence electrons. The first kappa shape index (κ1) is 22.3. The van der Waals surface area contributed by atoms with Crippen molar-refractivity contribution in [1.82, 2.24) is 4.90 Å². The van der Waals surface area contributed by atoms with Gasteiger partial charge in [0.2, 0.25) is 0 Å². The van der Waals surface area contributed by atoms with E-state index in [0.29, 0.717) is 24.3 Å². The molecule has 3 saturated heterocycles. The molecule has 9 bridgehead atoms. The van der Waals surface area contributed by atoms with E-state index in [0.717, 1.165) is 32.4 Å². The third-order valence-corrected chi connectivity index (χ3v) is 10.9. The first-order valence-electron chi connectivity index (χ1n) is 13.4. The maximum Gasteiger partial charge on any atom is 0.338 e. The SMILES string of the molecule is CCN1C[C@@H]2CC[C@@H](OC)[C@]34C1C([C@@H](OC(=O)c1ccccc1)[C@H]23)[C@@]1(O)CC[C@H]2C[C@@H]4[C@@H]1C(=O)O2. The number of rotatable bonds is 4. The quantitative estimate of drug-likeness (QED) is 0.662. The third kappa shape index (κ3) is 2.62. The molecule has 0 aromatic heterocycles. The van der Waals surface area contributed by atoms with E-state index in [1.54, 1.807) is 19.2 Å². The lowest BCUT2D eigenvalue weighted by molar-refractivity contribution is -0.256. The van der Waals surface area contributed by atoms with Crippen LogP contribution in [-0.4, -0.2) is 72.1 Å². The van der Waals surface area contributed by atoms with Gasteiger partial charge in [0.05, 0.1) is 23.2 Å². The minimum atomic E-state index is -1.25. The highest BCUT2D eigenvalue weighted by Gasteiger charge is 2.83. The van der Waals surface area contributed by atoms with E-state index >= 15 is 0 Å². The second-order valence-corrected chi connectivity index (χ2v) is 11.8. The van der Waals surface area contributed by atoms with Crippen LogP contribution in [0.25, 0.3) is 0 Å². The van der Waals surface area contributed by atoms with E-state index in [1.165, 1.54) is 0 Å². The summed E-state index contributed by atoms with van der Waals surface area (Å²) in [5.41, 5.74) is -1.06. The van der Waals surface area contributed by atoms with Crippen molar-refractivity contribution in [1.29, 1.82) is 0 Å². The summed E-state index contributed by atoms with van der Waals surface area (Å²) in [6.07, 6.45) is 3.25. The highest BCUT2D eigenvalue weighted by Crippen LogP contribution is 2.75. The van der Waals surface area contributed by atoms with E-state index in [2.05, 4.69) is 11.8 Å². The van der Waals surface area contributed by atoms with Crippen LogP contribution in [0, 0.1) is 35.0 Å². The van der Waals surface area contributed by atoms with Crippen molar-refractivity contribution in [3.63, 3.8) is 0 Å². The molecule has 7 fully saturated rings. The number of benzene rings is 1. The summed E-state index contributed by atoms with van der Waals surface area (Å²) in [6, 6.07) is 9.14. The first-order valence-corrected chi connectivity index (χ1v) is 13.4. The molecule has 1 aromatic rings. The van der Waals surface area contributed by atoms with Gasteiger partial charge in [-0.25, -0.2) is 4.79 Å². The smallest absolute Gasteiger partial charge is 0.338 e. The predicted molar refractivity (Wildman–Crippen MR) is 125 cm³/mol. The molecule has 0 amide bonds. The van der Waals surface area contributed by atoms with Gasteiger partial charge in [-0.2, -0.15) is 0 Å². The van der Waals surface area contributed by atoms with Crippen molar-refractivity contribution in [2.45, 2.75) is 69.0 Å². The number of nitrogens with zero attached hydrogens (tertiary/aromatic N) is 1. The van der Waals surface area contributed by atoms with Crippen molar-refractivity contribution in [3.05, 3.63) is 35.9 Å². The Kier molecular flexibility index (Phi) is 4.79. The number of piperidine rings is 1. The van der Waals surface area contributed by atoms with Gasteiger partial charge in [-0.1, -0.05) is 25.1 Å². The monoisotopic (exact) mass is 481 g/mol. The molecule has 7 nitrogen and oxygen atoms in total. The minimum Gasteiger partial charge on any atom is -0.462 e. The van der Waals surface area contributed by atoms with Crippen LogP contribution in [0.1, 0.15) is 49.4 Å². The van der Waals surface area contributed by atoms with Gasteiger partial charge in [0.1, 0.15) is 12.2 Å². The number of methoxy groups -OCH3 is 1. The Morgan fingerprint density at radius 3 is 2.74 bits per heavy atom. The Labute approximate surface area is 206 Å².